The van der Waals surface area contributed by atoms with Gasteiger partial charge >= 0.3 is 0 Å². The molecule has 4 rings (SSSR count). The van der Waals surface area contributed by atoms with Crippen LogP contribution in [-0.2, 0) is 6.54 Å². The summed E-state index contributed by atoms with van der Waals surface area (Å²) in [5, 5.41) is 7.08. The van der Waals surface area contributed by atoms with Gasteiger partial charge in [0.25, 0.3) is 11.5 Å². The Hall–Kier alpha value is -3.07. The summed E-state index contributed by atoms with van der Waals surface area (Å²) in [7, 11) is 0. The largest absolute Gasteiger partial charge is 0.473 e. The molecule has 1 unspecified atom stereocenters. The first kappa shape index (κ1) is 19.3. The molecule has 0 saturated carbocycles. The van der Waals surface area contributed by atoms with Gasteiger partial charge in [-0.05, 0) is 36.4 Å². The van der Waals surface area contributed by atoms with Gasteiger partial charge in [-0.3, -0.25) is 9.59 Å². The van der Waals surface area contributed by atoms with Gasteiger partial charge < -0.3 is 14.5 Å². The van der Waals surface area contributed by atoms with E-state index in [1.165, 1.54) is 10.7 Å². The van der Waals surface area contributed by atoms with E-state index in [2.05, 4.69) is 15.4 Å². The highest BCUT2D eigenvalue weighted by molar-refractivity contribution is 7.99. The first-order valence-electron chi connectivity index (χ1n) is 9.30. The van der Waals surface area contributed by atoms with Crippen molar-refractivity contribution in [2.24, 2.45) is 0 Å². The number of rotatable bonds is 7. The van der Waals surface area contributed by atoms with Crippen molar-refractivity contribution in [1.82, 2.24) is 20.1 Å². The van der Waals surface area contributed by atoms with Gasteiger partial charge in [-0.15, -0.1) is 0 Å². The monoisotopic (exact) mass is 412 g/mol. The highest BCUT2D eigenvalue weighted by atomic mass is 32.2. The second-order valence-electron chi connectivity index (χ2n) is 6.50. The van der Waals surface area contributed by atoms with E-state index in [1.54, 1.807) is 42.8 Å². The highest BCUT2D eigenvalue weighted by Crippen LogP contribution is 2.22. The van der Waals surface area contributed by atoms with Crippen molar-refractivity contribution >= 4 is 17.7 Å². The molecule has 29 heavy (non-hydrogen) atoms. The molecule has 1 fully saturated rings. The van der Waals surface area contributed by atoms with E-state index in [1.807, 2.05) is 11.8 Å². The zero-order valence-electron chi connectivity index (χ0n) is 15.6. The number of nitrogens with one attached hydrogen (secondary N) is 1. The van der Waals surface area contributed by atoms with Crippen LogP contribution in [0.1, 0.15) is 16.8 Å². The van der Waals surface area contributed by atoms with Gasteiger partial charge in [0, 0.05) is 36.2 Å². The quantitative estimate of drug-likeness (QED) is 0.635. The molecule has 0 aliphatic carbocycles. The summed E-state index contributed by atoms with van der Waals surface area (Å²) < 4.78 is 12.4. The summed E-state index contributed by atoms with van der Waals surface area (Å²) in [5.41, 5.74) is 0.774. The number of carbonyl (C=O) groups excluding carboxylic acids is 1. The minimum atomic E-state index is -0.256. The number of nitrogens with zero attached hydrogens (tertiary/aromatic N) is 3. The maximum absolute atomic E-state index is 12.4. The average Bonchev–Trinajstić information content (AvgIpc) is 3.44. The number of carbonyl (C=O) groups is 1. The minimum Gasteiger partial charge on any atom is -0.473 e. The average molecular weight is 412 g/mol. The summed E-state index contributed by atoms with van der Waals surface area (Å²) in [6.45, 7) is 0.498. The normalized spacial score (nSPS) is 15.9. The van der Waals surface area contributed by atoms with E-state index >= 15 is 0 Å². The number of hydrogen-bond donors (Lipinski definition) is 1. The maximum atomic E-state index is 12.4. The van der Waals surface area contributed by atoms with Crippen LogP contribution in [0.2, 0.25) is 0 Å². The number of pyridine rings is 1. The van der Waals surface area contributed by atoms with Crippen LogP contribution in [0.4, 0.5) is 0 Å². The standard InChI is InChI=1S/C20H20N4O4S/c25-19-4-3-16(17-2-1-10-27-17)23-24(19)9-8-22-20(26)14-5-7-21-18(12-14)28-15-6-11-29-13-15/h1-5,7,10,12,15H,6,8-9,11,13H2,(H,22,26). The summed E-state index contributed by atoms with van der Waals surface area (Å²) >= 11 is 1.85. The Bertz CT molecular complexity index is 1030. The molecule has 0 bridgehead atoms. The second kappa shape index (κ2) is 8.95. The fraction of sp³-hybridized carbons (Fsp3) is 0.300. The first-order chi connectivity index (χ1) is 14.2. The van der Waals surface area contributed by atoms with Gasteiger partial charge in [0.2, 0.25) is 5.88 Å². The third-order valence-electron chi connectivity index (χ3n) is 4.42. The Morgan fingerprint density at radius 2 is 2.28 bits per heavy atom. The van der Waals surface area contributed by atoms with Crippen LogP contribution in [0.3, 0.4) is 0 Å². The lowest BCUT2D eigenvalue weighted by molar-refractivity contribution is 0.0950. The Kier molecular flexibility index (Phi) is 5.95. The topological polar surface area (TPSA) is 99.2 Å². The lowest BCUT2D eigenvalue weighted by Crippen LogP contribution is -2.32. The summed E-state index contributed by atoms with van der Waals surface area (Å²) in [5.74, 6) is 2.80. The van der Waals surface area contributed by atoms with E-state index in [-0.39, 0.29) is 30.7 Å². The zero-order valence-corrected chi connectivity index (χ0v) is 16.4. The molecule has 150 valence electrons. The fourth-order valence-electron chi connectivity index (χ4n) is 2.93. The Morgan fingerprint density at radius 3 is 3.07 bits per heavy atom. The van der Waals surface area contributed by atoms with Gasteiger partial charge in [0.15, 0.2) is 5.76 Å². The molecular formula is C20H20N4O4S. The van der Waals surface area contributed by atoms with Crippen molar-refractivity contribution in [3.8, 4) is 17.3 Å². The van der Waals surface area contributed by atoms with Gasteiger partial charge in [-0.1, -0.05) is 0 Å². The summed E-state index contributed by atoms with van der Waals surface area (Å²) in [4.78, 5) is 28.7. The van der Waals surface area contributed by atoms with Crippen molar-refractivity contribution in [3.63, 3.8) is 0 Å². The lowest BCUT2D eigenvalue weighted by Gasteiger charge is -2.12. The minimum absolute atomic E-state index is 0.144. The number of aromatic nitrogens is 3. The molecular weight excluding hydrogens is 392 g/mol. The molecule has 0 radical (unpaired) electrons. The third kappa shape index (κ3) is 4.86. The van der Waals surface area contributed by atoms with E-state index in [9.17, 15) is 9.59 Å². The van der Waals surface area contributed by atoms with E-state index in [0.29, 0.717) is 22.9 Å². The summed E-state index contributed by atoms with van der Waals surface area (Å²) in [6, 6.07) is 9.84. The van der Waals surface area contributed by atoms with E-state index in [4.69, 9.17) is 9.15 Å². The molecule has 1 aliphatic heterocycles. The second-order valence-corrected chi connectivity index (χ2v) is 7.65. The zero-order chi connectivity index (χ0) is 20.1. The predicted octanol–water partition coefficient (Wildman–Crippen LogP) is 2.21. The number of ether oxygens (including phenoxy) is 1. The molecule has 1 amide bonds. The van der Waals surface area contributed by atoms with E-state index < -0.39 is 0 Å². The molecule has 9 heteroatoms. The van der Waals surface area contributed by atoms with Gasteiger partial charge in [0.1, 0.15) is 11.8 Å². The lowest BCUT2D eigenvalue weighted by atomic mass is 10.2. The van der Waals surface area contributed by atoms with Gasteiger partial charge in [-0.2, -0.15) is 16.9 Å². The van der Waals surface area contributed by atoms with Crippen molar-refractivity contribution in [1.29, 1.82) is 0 Å². The Balaban J connectivity index is 1.35. The molecule has 1 saturated heterocycles. The van der Waals surface area contributed by atoms with Crippen molar-refractivity contribution in [2.45, 2.75) is 19.1 Å². The molecule has 4 heterocycles. The van der Waals surface area contributed by atoms with Crippen LogP contribution >= 0.6 is 11.8 Å². The van der Waals surface area contributed by atoms with Gasteiger partial charge in [0.05, 0.1) is 12.8 Å². The molecule has 3 aromatic rings. The van der Waals surface area contributed by atoms with Crippen molar-refractivity contribution in [2.75, 3.05) is 18.1 Å². The SMILES string of the molecule is O=C(NCCn1nc(-c2ccco2)ccc1=O)c1ccnc(OC2CCSC2)c1. The number of hydrogen-bond acceptors (Lipinski definition) is 7. The third-order valence-corrected chi connectivity index (χ3v) is 5.55. The molecule has 8 nitrogen and oxygen atoms in total. The first-order valence-corrected chi connectivity index (χ1v) is 10.5. The fourth-order valence-corrected chi connectivity index (χ4v) is 4.03. The number of thioether (sulfide) groups is 1. The van der Waals surface area contributed by atoms with Crippen molar-refractivity contribution in [3.05, 3.63) is 64.8 Å². The molecule has 1 aliphatic rings. The van der Waals surface area contributed by atoms with Gasteiger partial charge in [-0.25, -0.2) is 9.67 Å². The Labute approximate surface area is 171 Å². The predicted molar refractivity (Wildman–Crippen MR) is 109 cm³/mol. The number of amides is 1. The summed E-state index contributed by atoms with van der Waals surface area (Å²) in [6.07, 6.45) is 4.24. The molecule has 0 aromatic carbocycles. The molecule has 1 N–H and O–H groups in total. The van der Waals surface area contributed by atoms with Crippen LogP contribution < -0.4 is 15.6 Å². The van der Waals surface area contributed by atoms with Crippen molar-refractivity contribution < 1.29 is 13.9 Å². The van der Waals surface area contributed by atoms with E-state index in [0.717, 1.165) is 17.9 Å². The maximum Gasteiger partial charge on any atom is 0.266 e. The smallest absolute Gasteiger partial charge is 0.266 e. The molecule has 0 spiro atoms. The highest BCUT2D eigenvalue weighted by Gasteiger charge is 2.18. The molecule has 1 atom stereocenters. The number of furan rings is 1. The van der Waals surface area contributed by atoms with Crippen LogP contribution in [-0.4, -0.2) is 44.8 Å². The molecule has 3 aromatic heterocycles. The van der Waals surface area contributed by atoms with Crippen LogP contribution in [0.15, 0.2) is 58.1 Å². The van der Waals surface area contributed by atoms with Crippen LogP contribution in [0.25, 0.3) is 11.5 Å². The van der Waals surface area contributed by atoms with Crippen LogP contribution in [0.5, 0.6) is 5.88 Å². The Morgan fingerprint density at radius 1 is 1.34 bits per heavy atom. The van der Waals surface area contributed by atoms with Crippen LogP contribution in [0, 0.1) is 0 Å².